The van der Waals surface area contributed by atoms with Crippen molar-refractivity contribution in [1.82, 2.24) is 9.88 Å². The predicted molar refractivity (Wildman–Crippen MR) is 137 cm³/mol. The van der Waals surface area contributed by atoms with E-state index < -0.39 is 29.2 Å². The summed E-state index contributed by atoms with van der Waals surface area (Å²) in [6, 6.07) is 14.7. The molecule has 4 aromatic rings. The molecular formula is C29H23F6N3O2. The summed E-state index contributed by atoms with van der Waals surface area (Å²) in [6.45, 7) is 0.764. The third-order valence-corrected chi connectivity index (χ3v) is 7.06. The van der Waals surface area contributed by atoms with Gasteiger partial charge in [-0.05, 0) is 78.9 Å². The Morgan fingerprint density at radius 1 is 0.850 bits per heavy atom. The van der Waals surface area contributed by atoms with Crippen molar-refractivity contribution in [2.75, 3.05) is 18.4 Å². The molecule has 40 heavy (non-hydrogen) atoms. The first-order valence-corrected chi connectivity index (χ1v) is 12.4. The van der Waals surface area contributed by atoms with Gasteiger partial charge in [-0.15, -0.1) is 0 Å². The molecule has 0 aliphatic carbocycles. The maximum atomic E-state index is 13.1. The Labute approximate surface area is 225 Å². The number of aromatic hydroxyl groups is 1. The highest BCUT2D eigenvalue weighted by atomic mass is 19.4. The van der Waals surface area contributed by atoms with Crippen LogP contribution in [0.4, 0.5) is 37.7 Å². The zero-order chi connectivity index (χ0) is 28.7. The zero-order valence-corrected chi connectivity index (χ0v) is 20.9. The summed E-state index contributed by atoms with van der Waals surface area (Å²) in [5, 5.41) is 13.8. The van der Waals surface area contributed by atoms with Crippen molar-refractivity contribution in [2.24, 2.45) is 0 Å². The Hall–Kier alpha value is -4.28. The van der Waals surface area contributed by atoms with Crippen molar-refractivity contribution in [3.8, 4) is 5.75 Å². The predicted octanol–water partition coefficient (Wildman–Crippen LogP) is 7.74. The maximum Gasteiger partial charge on any atom is 0.416 e. The fourth-order valence-corrected chi connectivity index (χ4v) is 4.93. The third-order valence-electron chi connectivity index (χ3n) is 7.06. The molecule has 5 rings (SSSR count). The van der Waals surface area contributed by atoms with E-state index in [2.05, 4.69) is 10.3 Å². The van der Waals surface area contributed by atoms with Gasteiger partial charge < -0.3 is 15.3 Å². The Kier molecular flexibility index (Phi) is 7.07. The molecule has 1 saturated heterocycles. The molecule has 1 amide bonds. The Morgan fingerprint density at radius 3 is 2.10 bits per heavy atom. The van der Waals surface area contributed by atoms with E-state index in [1.807, 2.05) is 0 Å². The molecule has 0 saturated carbocycles. The highest BCUT2D eigenvalue weighted by Crippen LogP contribution is 2.38. The maximum absolute atomic E-state index is 13.1. The van der Waals surface area contributed by atoms with Crippen molar-refractivity contribution in [2.45, 2.75) is 31.1 Å². The number of hydrogen-bond acceptors (Lipinski definition) is 4. The van der Waals surface area contributed by atoms with Gasteiger partial charge in [-0.2, -0.15) is 26.3 Å². The van der Waals surface area contributed by atoms with Crippen molar-refractivity contribution < 1.29 is 36.2 Å². The van der Waals surface area contributed by atoms with Crippen LogP contribution >= 0.6 is 0 Å². The van der Waals surface area contributed by atoms with Gasteiger partial charge in [0.15, 0.2) is 0 Å². The van der Waals surface area contributed by atoms with E-state index in [9.17, 15) is 36.2 Å². The van der Waals surface area contributed by atoms with Crippen LogP contribution in [0.2, 0.25) is 0 Å². The first kappa shape index (κ1) is 27.3. The standard InChI is InChI=1S/C29H23F6N3O2/c30-28(31,32)19-4-8-23-24(9-12-36-25(23)15-19)37-21-5-1-18(2-6-21)27(40)38-13-10-17(11-14-38)22-7-3-20(16-26(22)39)29(33,34)35/h1-9,12,15-17,39H,10-11,13-14H2,(H,36,37). The molecule has 5 nitrogen and oxygen atoms in total. The number of anilines is 2. The number of phenols is 1. The molecule has 2 N–H and O–H groups in total. The number of pyridine rings is 1. The lowest BCUT2D eigenvalue weighted by Gasteiger charge is -2.32. The van der Waals surface area contributed by atoms with Gasteiger partial charge in [-0.3, -0.25) is 9.78 Å². The van der Waals surface area contributed by atoms with E-state index in [0.29, 0.717) is 53.8 Å². The summed E-state index contributed by atoms with van der Waals surface area (Å²) in [7, 11) is 0. The van der Waals surface area contributed by atoms with Gasteiger partial charge in [0.2, 0.25) is 0 Å². The molecule has 1 aliphatic heterocycles. The number of nitrogens with zero attached hydrogens (tertiary/aromatic N) is 2. The molecule has 2 heterocycles. The number of phenolic OH excluding ortho intramolecular Hbond substituents is 1. The average Bonchev–Trinajstić information content (AvgIpc) is 2.92. The highest BCUT2D eigenvalue weighted by Gasteiger charge is 2.33. The number of hydrogen-bond donors (Lipinski definition) is 2. The minimum Gasteiger partial charge on any atom is -0.508 e. The molecule has 1 fully saturated rings. The van der Waals surface area contributed by atoms with E-state index >= 15 is 0 Å². The number of halogens is 6. The number of fused-ring (bicyclic) bond motifs is 1. The van der Waals surface area contributed by atoms with Gasteiger partial charge >= 0.3 is 12.4 Å². The fraction of sp³-hybridized carbons (Fsp3) is 0.241. The summed E-state index contributed by atoms with van der Waals surface area (Å²) in [5.41, 5.74) is 0.566. The summed E-state index contributed by atoms with van der Waals surface area (Å²) in [4.78, 5) is 18.8. The van der Waals surface area contributed by atoms with Crippen LogP contribution in [-0.4, -0.2) is 34.0 Å². The van der Waals surface area contributed by atoms with E-state index in [1.165, 1.54) is 18.3 Å². The molecule has 1 aliphatic rings. The smallest absolute Gasteiger partial charge is 0.416 e. The van der Waals surface area contributed by atoms with Gasteiger partial charge in [0.1, 0.15) is 5.75 Å². The summed E-state index contributed by atoms with van der Waals surface area (Å²) >= 11 is 0. The number of nitrogens with one attached hydrogen (secondary N) is 1. The number of piperidine rings is 1. The molecular weight excluding hydrogens is 536 g/mol. The second kappa shape index (κ2) is 10.4. The van der Waals surface area contributed by atoms with Crippen molar-refractivity contribution >= 4 is 28.2 Å². The first-order chi connectivity index (χ1) is 18.9. The minimum absolute atomic E-state index is 0.166. The number of carbonyl (C=O) groups is 1. The molecule has 0 spiro atoms. The van der Waals surface area contributed by atoms with Crippen LogP contribution in [0.3, 0.4) is 0 Å². The number of rotatable bonds is 4. The van der Waals surface area contributed by atoms with Crippen LogP contribution in [-0.2, 0) is 12.4 Å². The quantitative estimate of drug-likeness (QED) is 0.251. The molecule has 0 bridgehead atoms. The minimum atomic E-state index is -4.54. The lowest BCUT2D eigenvalue weighted by atomic mass is 9.88. The number of carbonyl (C=O) groups excluding carboxylic acids is 1. The molecule has 0 unspecified atom stereocenters. The second-order valence-corrected chi connectivity index (χ2v) is 9.63. The number of amides is 1. The van der Waals surface area contributed by atoms with Gasteiger partial charge in [-0.25, -0.2) is 0 Å². The van der Waals surface area contributed by atoms with E-state index in [-0.39, 0.29) is 17.3 Å². The second-order valence-electron chi connectivity index (χ2n) is 9.63. The third kappa shape index (κ3) is 5.68. The molecule has 0 radical (unpaired) electrons. The van der Waals surface area contributed by atoms with E-state index in [0.717, 1.165) is 24.3 Å². The highest BCUT2D eigenvalue weighted by molar-refractivity contribution is 5.96. The lowest BCUT2D eigenvalue weighted by Crippen LogP contribution is -2.37. The molecule has 0 atom stereocenters. The normalized spacial score (nSPS) is 14.9. The zero-order valence-electron chi connectivity index (χ0n) is 20.9. The molecule has 11 heteroatoms. The van der Waals surface area contributed by atoms with E-state index in [4.69, 9.17) is 0 Å². The average molecular weight is 560 g/mol. The summed E-state index contributed by atoms with van der Waals surface area (Å²) in [5.74, 6) is -0.763. The van der Waals surface area contributed by atoms with Gasteiger partial charge in [0.25, 0.3) is 5.91 Å². The van der Waals surface area contributed by atoms with Crippen molar-refractivity contribution in [3.63, 3.8) is 0 Å². The van der Waals surface area contributed by atoms with Gasteiger partial charge in [0.05, 0.1) is 16.6 Å². The van der Waals surface area contributed by atoms with Crippen LogP contribution in [0.1, 0.15) is 45.8 Å². The van der Waals surface area contributed by atoms with Crippen LogP contribution in [0.25, 0.3) is 10.9 Å². The first-order valence-electron chi connectivity index (χ1n) is 12.4. The Balaban J connectivity index is 1.23. The van der Waals surface area contributed by atoms with Crippen molar-refractivity contribution in [3.05, 3.63) is 95.2 Å². The van der Waals surface area contributed by atoms with Gasteiger partial charge in [0, 0.05) is 41.6 Å². The SMILES string of the molecule is O=C(c1ccc(Nc2ccnc3cc(C(F)(F)F)ccc23)cc1)N1CCC(c2ccc(C(F)(F)F)cc2O)CC1. The number of aromatic nitrogens is 1. The largest absolute Gasteiger partial charge is 0.508 e. The monoisotopic (exact) mass is 559 g/mol. The topological polar surface area (TPSA) is 65.5 Å². The molecule has 3 aromatic carbocycles. The lowest BCUT2D eigenvalue weighted by molar-refractivity contribution is -0.138. The number of likely N-dealkylation sites (tertiary alicyclic amines) is 1. The fourth-order valence-electron chi connectivity index (χ4n) is 4.93. The van der Waals surface area contributed by atoms with E-state index in [1.54, 1.807) is 35.2 Å². The van der Waals surface area contributed by atoms with Crippen molar-refractivity contribution in [1.29, 1.82) is 0 Å². The Morgan fingerprint density at radius 2 is 1.48 bits per heavy atom. The van der Waals surface area contributed by atoms with Gasteiger partial charge in [-0.1, -0.05) is 12.1 Å². The van der Waals surface area contributed by atoms with Crippen LogP contribution < -0.4 is 5.32 Å². The van der Waals surface area contributed by atoms with Crippen LogP contribution in [0.15, 0.2) is 72.9 Å². The Bertz CT molecular complexity index is 1540. The van der Waals surface area contributed by atoms with Crippen LogP contribution in [0.5, 0.6) is 5.75 Å². The number of alkyl halides is 6. The molecule has 1 aromatic heterocycles. The number of benzene rings is 3. The molecule has 208 valence electrons. The summed E-state index contributed by atoms with van der Waals surface area (Å²) in [6.07, 6.45) is -6.60. The van der Waals surface area contributed by atoms with Crippen LogP contribution in [0, 0.1) is 0 Å². The summed E-state index contributed by atoms with van der Waals surface area (Å²) < 4.78 is 77.8.